The number of benzene rings is 1. The van der Waals surface area contributed by atoms with E-state index in [-0.39, 0.29) is 11.8 Å². The minimum Gasteiger partial charge on any atom is -0.486 e. The fourth-order valence-corrected chi connectivity index (χ4v) is 2.67. The third kappa shape index (κ3) is 2.64. The van der Waals surface area contributed by atoms with Gasteiger partial charge in [0.2, 0.25) is 0 Å². The number of ether oxygens (including phenoxy) is 2. The molecule has 108 valence electrons. The molecule has 1 aromatic carbocycles. The largest absolute Gasteiger partial charge is 0.486 e. The number of Topliss-reactive ketones (excluding diaryl/α,β-unsaturated/α-hetero) is 1. The van der Waals surface area contributed by atoms with Crippen molar-refractivity contribution in [2.24, 2.45) is 0 Å². The van der Waals surface area contributed by atoms with Crippen LogP contribution in [0.25, 0.3) is 0 Å². The Balaban J connectivity index is 1.75. The Bertz CT molecular complexity index is 498. The van der Waals surface area contributed by atoms with Gasteiger partial charge in [0.15, 0.2) is 17.3 Å². The van der Waals surface area contributed by atoms with Crippen LogP contribution < -0.4 is 14.8 Å². The van der Waals surface area contributed by atoms with E-state index in [4.69, 9.17) is 9.47 Å². The Kier molecular flexibility index (Phi) is 3.89. The van der Waals surface area contributed by atoms with Gasteiger partial charge in [-0.25, -0.2) is 0 Å². The van der Waals surface area contributed by atoms with E-state index < -0.39 is 0 Å². The molecule has 0 radical (unpaired) electrons. The van der Waals surface area contributed by atoms with Gasteiger partial charge in [-0.1, -0.05) is 0 Å². The van der Waals surface area contributed by atoms with Crippen molar-refractivity contribution in [3.8, 4) is 11.5 Å². The molecule has 0 bridgehead atoms. The molecule has 1 N–H and O–H groups in total. The third-order valence-electron chi connectivity index (χ3n) is 3.91. The molecule has 20 heavy (non-hydrogen) atoms. The molecule has 1 aromatic rings. The van der Waals surface area contributed by atoms with E-state index in [9.17, 15) is 4.79 Å². The first-order valence-electron chi connectivity index (χ1n) is 7.14. The Labute approximate surface area is 118 Å². The monoisotopic (exact) mass is 276 g/mol. The molecule has 0 saturated carbocycles. The summed E-state index contributed by atoms with van der Waals surface area (Å²) in [6, 6.07) is 5.36. The number of ketones is 1. The molecule has 1 atom stereocenters. The van der Waals surface area contributed by atoms with E-state index in [1.807, 2.05) is 19.1 Å². The van der Waals surface area contributed by atoms with Crippen molar-refractivity contribution in [3.05, 3.63) is 23.8 Å². The van der Waals surface area contributed by atoms with Crippen LogP contribution in [0.1, 0.15) is 17.3 Å². The van der Waals surface area contributed by atoms with Crippen LogP contribution in [0, 0.1) is 0 Å². The lowest BCUT2D eigenvalue weighted by Crippen LogP contribution is -2.50. The zero-order chi connectivity index (χ0) is 13.9. The average Bonchev–Trinajstić information content (AvgIpc) is 2.54. The second-order valence-corrected chi connectivity index (χ2v) is 5.18. The van der Waals surface area contributed by atoms with Gasteiger partial charge in [-0.3, -0.25) is 9.69 Å². The average molecular weight is 276 g/mol. The molecule has 5 nitrogen and oxygen atoms in total. The first-order chi connectivity index (χ1) is 9.75. The van der Waals surface area contributed by atoms with Gasteiger partial charge in [0.05, 0.1) is 6.04 Å². The maximum absolute atomic E-state index is 12.6. The van der Waals surface area contributed by atoms with Crippen LogP contribution in [0.3, 0.4) is 0 Å². The topological polar surface area (TPSA) is 50.8 Å². The second-order valence-electron chi connectivity index (χ2n) is 5.18. The second kappa shape index (κ2) is 5.81. The molecule has 1 unspecified atom stereocenters. The lowest BCUT2D eigenvalue weighted by molar-refractivity contribution is 0.0819. The molecule has 1 saturated heterocycles. The lowest BCUT2D eigenvalue weighted by atomic mass is 10.0. The lowest BCUT2D eigenvalue weighted by Gasteiger charge is -2.32. The molecule has 1 fully saturated rings. The predicted octanol–water partition coefficient (Wildman–Crippen LogP) is 0.934. The quantitative estimate of drug-likeness (QED) is 0.833. The molecular weight excluding hydrogens is 256 g/mol. The number of carbonyl (C=O) groups is 1. The minimum atomic E-state index is -0.0975. The van der Waals surface area contributed by atoms with Gasteiger partial charge in [-0.2, -0.15) is 0 Å². The normalized spacial score (nSPS) is 20.4. The molecule has 0 aliphatic carbocycles. The first-order valence-corrected chi connectivity index (χ1v) is 7.14. The highest BCUT2D eigenvalue weighted by atomic mass is 16.6. The highest BCUT2D eigenvalue weighted by molar-refractivity contribution is 6.00. The molecule has 2 heterocycles. The summed E-state index contributed by atoms with van der Waals surface area (Å²) in [7, 11) is 0. The summed E-state index contributed by atoms with van der Waals surface area (Å²) in [6.45, 7) is 6.80. The summed E-state index contributed by atoms with van der Waals surface area (Å²) in [4.78, 5) is 14.8. The summed E-state index contributed by atoms with van der Waals surface area (Å²) in [5.74, 6) is 1.54. The molecule has 0 spiro atoms. The van der Waals surface area contributed by atoms with Gasteiger partial charge in [0.1, 0.15) is 13.2 Å². The van der Waals surface area contributed by atoms with Crippen LogP contribution in [0.15, 0.2) is 18.2 Å². The smallest absolute Gasteiger partial charge is 0.179 e. The zero-order valence-electron chi connectivity index (χ0n) is 11.7. The highest BCUT2D eigenvalue weighted by Crippen LogP contribution is 2.31. The van der Waals surface area contributed by atoms with Crippen molar-refractivity contribution < 1.29 is 14.3 Å². The van der Waals surface area contributed by atoms with Crippen molar-refractivity contribution in [2.75, 3.05) is 39.4 Å². The van der Waals surface area contributed by atoms with E-state index in [0.717, 1.165) is 31.9 Å². The summed E-state index contributed by atoms with van der Waals surface area (Å²) in [6.07, 6.45) is 0. The molecule has 2 aliphatic rings. The molecule has 3 rings (SSSR count). The Morgan fingerprint density at radius 2 is 1.90 bits per heavy atom. The van der Waals surface area contributed by atoms with Gasteiger partial charge in [0, 0.05) is 31.7 Å². The molecule has 0 amide bonds. The number of hydrogen-bond donors (Lipinski definition) is 1. The number of carbonyl (C=O) groups excluding carboxylic acids is 1. The maximum Gasteiger partial charge on any atom is 0.179 e. The number of hydrogen-bond acceptors (Lipinski definition) is 5. The number of nitrogens with zero attached hydrogens (tertiary/aromatic N) is 1. The van der Waals surface area contributed by atoms with Crippen molar-refractivity contribution in [3.63, 3.8) is 0 Å². The van der Waals surface area contributed by atoms with Crippen molar-refractivity contribution in [1.29, 1.82) is 0 Å². The molecule has 5 heteroatoms. The third-order valence-corrected chi connectivity index (χ3v) is 3.91. The van der Waals surface area contributed by atoms with E-state index in [1.165, 1.54) is 0 Å². The van der Waals surface area contributed by atoms with Crippen LogP contribution >= 0.6 is 0 Å². The summed E-state index contributed by atoms with van der Waals surface area (Å²) < 4.78 is 11.0. The fraction of sp³-hybridized carbons (Fsp3) is 0.533. The predicted molar refractivity (Wildman–Crippen MR) is 75.7 cm³/mol. The SMILES string of the molecule is CC(C(=O)c1ccc2c(c1)OCCO2)N1CCNCC1. The molecular formula is C15H20N2O3. The first kappa shape index (κ1) is 13.4. The van der Waals surface area contributed by atoms with E-state index in [0.29, 0.717) is 24.5 Å². The summed E-state index contributed by atoms with van der Waals surface area (Å²) in [5, 5.41) is 3.30. The number of nitrogens with one attached hydrogen (secondary N) is 1. The van der Waals surface area contributed by atoms with E-state index in [1.54, 1.807) is 6.07 Å². The van der Waals surface area contributed by atoms with E-state index in [2.05, 4.69) is 10.2 Å². The van der Waals surface area contributed by atoms with Gasteiger partial charge < -0.3 is 14.8 Å². The summed E-state index contributed by atoms with van der Waals surface area (Å²) >= 11 is 0. The summed E-state index contributed by atoms with van der Waals surface area (Å²) in [5.41, 5.74) is 0.695. The van der Waals surface area contributed by atoms with Crippen molar-refractivity contribution in [1.82, 2.24) is 10.2 Å². The molecule has 0 aromatic heterocycles. The Morgan fingerprint density at radius 3 is 2.65 bits per heavy atom. The van der Waals surface area contributed by atoms with Gasteiger partial charge in [0.25, 0.3) is 0 Å². The van der Waals surface area contributed by atoms with Crippen LogP contribution in [-0.2, 0) is 0 Å². The van der Waals surface area contributed by atoms with E-state index >= 15 is 0 Å². The number of rotatable bonds is 3. The van der Waals surface area contributed by atoms with Crippen LogP contribution in [0.2, 0.25) is 0 Å². The van der Waals surface area contributed by atoms with Gasteiger partial charge in [-0.15, -0.1) is 0 Å². The Hall–Kier alpha value is -1.59. The minimum absolute atomic E-state index is 0.0975. The zero-order valence-corrected chi connectivity index (χ0v) is 11.7. The number of piperazine rings is 1. The molecule has 2 aliphatic heterocycles. The standard InChI is InChI=1S/C15H20N2O3/c1-11(17-6-4-16-5-7-17)15(18)12-2-3-13-14(10-12)20-9-8-19-13/h2-3,10-11,16H,4-9H2,1H3. The van der Waals surface area contributed by atoms with Gasteiger partial charge >= 0.3 is 0 Å². The fourth-order valence-electron chi connectivity index (χ4n) is 2.67. The highest BCUT2D eigenvalue weighted by Gasteiger charge is 2.25. The Morgan fingerprint density at radius 1 is 1.20 bits per heavy atom. The van der Waals surface area contributed by atoms with Crippen molar-refractivity contribution in [2.45, 2.75) is 13.0 Å². The van der Waals surface area contributed by atoms with Crippen LogP contribution in [-0.4, -0.2) is 56.1 Å². The van der Waals surface area contributed by atoms with Gasteiger partial charge in [-0.05, 0) is 25.1 Å². The van der Waals surface area contributed by atoms with Crippen LogP contribution in [0.4, 0.5) is 0 Å². The van der Waals surface area contributed by atoms with Crippen molar-refractivity contribution >= 4 is 5.78 Å². The number of fused-ring (bicyclic) bond motifs is 1. The maximum atomic E-state index is 12.6. The van der Waals surface area contributed by atoms with Crippen LogP contribution in [0.5, 0.6) is 11.5 Å².